The van der Waals surface area contributed by atoms with Crippen molar-refractivity contribution in [1.29, 1.82) is 0 Å². The number of pyridine rings is 1. The molecule has 206 valence electrons. The van der Waals surface area contributed by atoms with Gasteiger partial charge in [-0.3, -0.25) is 9.59 Å². The number of nitrogens with zero attached hydrogens (tertiary/aromatic N) is 2. The number of rotatable bonds is 7. The molecule has 2 amide bonds. The lowest BCUT2D eigenvalue weighted by molar-refractivity contribution is -0.139. The summed E-state index contributed by atoms with van der Waals surface area (Å²) in [4.78, 5) is 32.8. The first-order valence-electron chi connectivity index (χ1n) is 13.2. The summed E-state index contributed by atoms with van der Waals surface area (Å²) in [6.45, 7) is 2.26. The van der Waals surface area contributed by atoms with Gasteiger partial charge in [-0.1, -0.05) is 43.0 Å². The SMILES string of the molecule is CN[C@@H](C)C(=O)N[C@H](C(=O)N1CCC[C@H]1c1cc(-c2cccc(C(F)(F)F)c2)cnc1Cl)C1CCCCC1. The summed E-state index contributed by atoms with van der Waals surface area (Å²) in [5.74, 6) is -0.314. The number of hydrogen-bond donors (Lipinski definition) is 2. The van der Waals surface area contributed by atoms with Crippen LogP contribution in [0.15, 0.2) is 36.5 Å². The molecule has 2 aromatic rings. The lowest BCUT2D eigenvalue weighted by Gasteiger charge is -2.35. The van der Waals surface area contributed by atoms with Crippen LogP contribution in [0.1, 0.15) is 69.0 Å². The van der Waals surface area contributed by atoms with Crippen LogP contribution in [0.4, 0.5) is 13.2 Å². The van der Waals surface area contributed by atoms with Crippen LogP contribution < -0.4 is 10.6 Å². The molecule has 0 bridgehead atoms. The highest BCUT2D eigenvalue weighted by Gasteiger charge is 2.40. The molecular weight excluding hydrogens is 517 g/mol. The number of alkyl halides is 3. The van der Waals surface area contributed by atoms with Gasteiger partial charge in [0.1, 0.15) is 11.2 Å². The van der Waals surface area contributed by atoms with Crippen LogP contribution in [0.2, 0.25) is 5.15 Å². The zero-order chi connectivity index (χ0) is 27.4. The van der Waals surface area contributed by atoms with E-state index in [0.29, 0.717) is 29.7 Å². The molecule has 0 spiro atoms. The maximum atomic E-state index is 14.0. The standard InChI is InChI=1S/C28H34ClF3N4O2/c1-17(33-2)26(37)35-24(18-8-4-3-5-9-18)27(38)36-13-7-12-23(36)22-15-20(16-34-25(22)29)19-10-6-11-21(14-19)28(30,31)32/h6,10-11,14-18,23-24,33H,3-5,7-9,12-13H2,1-2H3,(H,35,37)/t17-,23-,24-/m0/s1. The highest BCUT2D eigenvalue weighted by atomic mass is 35.5. The molecule has 3 atom stereocenters. The molecule has 0 unspecified atom stereocenters. The number of halogens is 4. The molecule has 4 rings (SSSR count). The van der Waals surface area contributed by atoms with E-state index in [1.165, 1.54) is 12.3 Å². The van der Waals surface area contributed by atoms with Crippen LogP contribution in [-0.2, 0) is 15.8 Å². The predicted octanol–water partition coefficient (Wildman–Crippen LogP) is 5.76. The van der Waals surface area contributed by atoms with Crippen molar-refractivity contribution in [3.63, 3.8) is 0 Å². The fourth-order valence-electron chi connectivity index (χ4n) is 5.52. The van der Waals surface area contributed by atoms with Crippen LogP contribution >= 0.6 is 11.6 Å². The predicted molar refractivity (Wildman–Crippen MR) is 140 cm³/mol. The highest BCUT2D eigenvalue weighted by molar-refractivity contribution is 6.30. The molecule has 1 aliphatic carbocycles. The number of hydrogen-bond acceptors (Lipinski definition) is 4. The van der Waals surface area contributed by atoms with E-state index in [0.717, 1.165) is 50.7 Å². The number of carbonyl (C=O) groups excluding carboxylic acids is 2. The van der Waals surface area contributed by atoms with Gasteiger partial charge in [-0.2, -0.15) is 13.2 Å². The van der Waals surface area contributed by atoms with E-state index in [1.54, 1.807) is 31.0 Å². The molecule has 1 saturated heterocycles. The molecule has 2 fully saturated rings. The first-order valence-corrected chi connectivity index (χ1v) is 13.6. The minimum absolute atomic E-state index is 0.0514. The average molecular weight is 551 g/mol. The highest BCUT2D eigenvalue weighted by Crippen LogP contribution is 2.39. The number of likely N-dealkylation sites (tertiary alicyclic amines) is 1. The maximum Gasteiger partial charge on any atom is 0.416 e. The van der Waals surface area contributed by atoms with Crippen molar-refractivity contribution in [3.8, 4) is 11.1 Å². The van der Waals surface area contributed by atoms with Gasteiger partial charge in [0.15, 0.2) is 0 Å². The summed E-state index contributed by atoms with van der Waals surface area (Å²) in [6.07, 6.45) is 3.29. The molecule has 2 heterocycles. The van der Waals surface area contributed by atoms with Gasteiger partial charge in [0.2, 0.25) is 11.8 Å². The molecule has 2 aliphatic rings. The molecule has 1 aromatic heterocycles. The van der Waals surface area contributed by atoms with E-state index in [-0.39, 0.29) is 28.9 Å². The summed E-state index contributed by atoms with van der Waals surface area (Å²) in [7, 11) is 1.70. The number of likely N-dealkylation sites (N-methyl/N-ethyl adjacent to an activating group) is 1. The summed E-state index contributed by atoms with van der Waals surface area (Å²) in [5, 5.41) is 6.15. The summed E-state index contributed by atoms with van der Waals surface area (Å²) in [5.41, 5.74) is 0.722. The van der Waals surface area contributed by atoms with Gasteiger partial charge in [0.25, 0.3) is 0 Å². The van der Waals surface area contributed by atoms with E-state index in [1.807, 2.05) is 0 Å². The van der Waals surface area contributed by atoms with Crippen molar-refractivity contribution in [1.82, 2.24) is 20.5 Å². The lowest BCUT2D eigenvalue weighted by Crippen LogP contribution is -2.55. The molecule has 1 saturated carbocycles. The second kappa shape index (κ2) is 12.0. The van der Waals surface area contributed by atoms with Crippen molar-refractivity contribution in [2.45, 2.75) is 76.2 Å². The van der Waals surface area contributed by atoms with E-state index < -0.39 is 23.8 Å². The summed E-state index contributed by atoms with van der Waals surface area (Å²) >= 11 is 6.50. The number of aromatic nitrogens is 1. The zero-order valence-corrected chi connectivity index (χ0v) is 22.4. The van der Waals surface area contributed by atoms with Crippen LogP contribution in [0.25, 0.3) is 11.1 Å². The Bertz CT molecular complexity index is 1150. The Morgan fingerprint density at radius 2 is 1.82 bits per heavy atom. The molecule has 0 radical (unpaired) electrons. The molecule has 1 aliphatic heterocycles. The third-order valence-corrected chi connectivity index (χ3v) is 8.11. The fraction of sp³-hybridized carbons (Fsp3) is 0.536. The second-order valence-electron chi connectivity index (χ2n) is 10.3. The van der Waals surface area contributed by atoms with Crippen molar-refractivity contribution in [2.75, 3.05) is 13.6 Å². The second-order valence-corrected chi connectivity index (χ2v) is 10.6. The smallest absolute Gasteiger partial charge is 0.343 e. The van der Waals surface area contributed by atoms with Gasteiger partial charge in [-0.25, -0.2) is 4.98 Å². The third kappa shape index (κ3) is 6.31. The van der Waals surface area contributed by atoms with Crippen LogP contribution in [0.5, 0.6) is 0 Å². The van der Waals surface area contributed by atoms with Crippen LogP contribution in [0, 0.1) is 5.92 Å². The van der Waals surface area contributed by atoms with Crippen LogP contribution in [-0.4, -0.2) is 47.4 Å². The van der Waals surface area contributed by atoms with Gasteiger partial charge in [-0.05, 0) is 69.3 Å². The van der Waals surface area contributed by atoms with E-state index in [4.69, 9.17) is 11.6 Å². The van der Waals surface area contributed by atoms with E-state index in [9.17, 15) is 22.8 Å². The Hall–Kier alpha value is -2.65. The molecular formula is C28H34ClF3N4O2. The van der Waals surface area contributed by atoms with Crippen molar-refractivity contribution in [3.05, 3.63) is 52.8 Å². The van der Waals surface area contributed by atoms with Crippen molar-refractivity contribution in [2.24, 2.45) is 5.92 Å². The number of carbonyl (C=O) groups is 2. The number of nitrogens with one attached hydrogen (secondary N) is 2. The summed E-state index contributed by atoms with van der Waals surface area (Å²) < 4.78 is 39.9. The topological polar surface area (TPSA) is 74.3 Å². The zero-order valence-electron chi connectivity index (χ0n) is 21.7. The maximum absolute atomic E-state index is 14.0. The van der Waals surface area contributed by atoms with Crippen molar-refractivity contribution < 1.29 is 22.8 Å². The van der Waals surface area contributed by atoms with Crippen molar-refractivity contribution >= 4 is 23.4 Å². The monoisotopic (exact) mass is 550 g/mol. The van der Waals surface area contributed by atoms with Crippen LogP contribution in [0.3, 0.4) is 0 Å². The van der Waals surface area contributed by atoms with Gasteiger partial charge >= 0.3 is 6.18 Å². The molecule has 38 heavy (non-hydrogen) atoms. The van der Waals surface area contributed by atoms with E-state index >= 15 is 0 Å². The molecule has 10 heteroatoms. The minimum atomic E-state index is -4.46. The Morgan fingerprint density at radius 3 is 2.50 bits per heavy atom. The largest absolute Gasteiger partial charge is 0.416 e. The fourth-order valence-corrected chi connectivity index (χ4v) is 5.75. The van der Waals surface area contributed by atoms with Gasteiger partial charge in [0.05, 0.1) is 17.6 Å². The van der Waals surface area contributed by atoms with Gasteiger partial charge in [-0.15, -0.1) is 0 Å². The first-order chi connectivity index (χ1) is 18.1. The number of benzene rings is 1. The Balaban J connectivity index is 1.63. The molecule has 1 aromatic carbocycles. The normalized spacial score (nSPS) is 20.3. The molecule has 6 nitrogen and oxygen atoms in total. The minimum Gasteiger partial charge on any atom is -0.343 e. The van der Waals surface area contributed by atoms with Gasteiger partial charge < -0.3 is 15.5 Å². The van der Waals surface area contributed by atoms with Gasteiger partial charge in [0, 0.05) is 23.9 Å². The number of amides is 2. The average Bonchev–Trinajstić information content (AvgIpc) is 3.41. The Kier molecular flexibility index (Phi) is 8.98. The first kappa shape index (κ1) is 28.4. The Labute approximate surface area is 226 Å². The third-order valence-electron chi connectivity index (χ3n) is 7.80. The Morgan fingerprint density at radius 1 is 1.08 bits per heavy atom. The molecule has 2 N–H and O–H groups in total. The quantitative estimate of drug-likeness (QED) is 0.430. The van der Waals surface area contributed by atoms with E-state index in [2.05, 4.69) is 15.6 Å². The lowest BCUT2D eigenvalue weighted by atomic mass is 9.83. The summed E-state index contributed by atoms with van der Waals surface area (Å²) in [6, 6.07) is 5.35.